The predicted molar refractivity (Wildman–Crippen MR) is 199 cm³/mol. The van der Waals surface area contributed by atoms with Crippen molar-refractivity contribution in [3.05, 3.63) is 174 Å². The largest absolute Gasteiger partial charge is 0.455 e. The summed E-state index contributed by atoms with van der Waals surface area (Å²) in [5.41, 5.74) is 5.30. The molecule has 0 spiro atoms. The van der Waals surface area contributed by atoms with Crippen LogP contribution in [-0.2, 0) is 0 Å². The van der Waals surface area contributed by atoms with Crippen molar-refractivity contribution in [1.82, 2.24) is 4.57 Å². The highest BCUT2D eigenvalue weighted by Gasteiger charge is 2.41. The van der Waals surface area contributed by atoms with E-state index in [0.717, 1.165) is 43.0 Å². The molecule has 218 valence electrons. The number of halogens is 1. The number of para-hydroxylation sites is 2. The first kappa shape index (κ1) is 27.2. The van der Waals surface area contributed by atoms with Gasteiger partial charge in [0.05, 0.1) is 16.4 Å². The lowest BCUT2D eigenvalue weighted by molar-refractivity contribution is 0.673. The zero-order valence-electron chi connectivity index (χ0n) is 24.9. The molecule has 2 nitrogen and oxygen atoms in total. The molecule has 9 aromatic rings. The molecule has 0 N–H and O–H groups in total. The smallest absolute Gasteiger partial charge is 0.179 e. The van der Waals surface area contributed by atoms with E-state index in [0.29, 0.717) is 0 Å². The van der Waals surface area contributed by atoms with Crippen molar-refractivity contribution in [2.75, 3.05) is 0 Å². The van der Waals surface area contributed by atoms with Gasteiger partial charge in [0.15, 0.2) is 8.07 Å². The average Bonchev–Trinajstić information content (AvgIpc) is 3.66. The lowest BCUT2D eigenvalue weighted by Crippen LogP contribution is -2.74. The van der Waals surface area contributed by atoms with E-state index in [1.807, 2.05) is 6.07 Å². The third-order valence-corrected chi connectivity index (χ3v) is 14.7. The summed E-state index contributed by atoms with van der Waals surface area (Å²) in [6.45, 7) is 0. The van der Waals surface area contributed by atoms with Crippen molar-refractivity contribution in [2.45, 2.75) is 0 Å². The SMILES string of the molecule is Brc1cccc([Si](c2ccccc2)(c2ccccc2)c2ccc(-n3c4ccccc4c4c5oc6ccccc6c5ccc43)cc2)c1. The van der Waals surface area contributed by atoms with Crippen LogP contribution in [0.25, 0.3) is 49.4 Å². The fourth-order valence-corrected chi connectivity index (χ4v) is 12.9. The molecule has 0 saturated heterocycles. The Balaban J connectivity index is 1.31. The molecule has 4 heteroatoms. The fourth-order valence-electron chi connectivity index (χ4n) is 7.47. The van der Waals surface area contributed by atoms with Gasteiger partial charge in [-0.15, -0.1) is 0 Å². The molecule has 46 heavy (non-hydrogen) atoms. The Hall–Kier alpha value is -5.16. The second kappa shape index (κ2) is 10.7. The number of hydrogen-bond donors (Lipinski definition) is 0. The molecule has 2 aromatic heterocycles. The number of nitrogens with zero attached hydrogens (tertiary/aromatic N) is 1. The van der Waals surface area contributed by atoms with Crippen LogP contribution in [0.5, 0.6) is 0 Å². The number of rotatable bonds is 5. The first-order chi connectivity index (χ1) is 22.7. The van der Waals surface area contributed by atoms with Crippen molar-refractivity contribution in [2.24, 2.45) is 0 Å². The number of fused-ring (bicyclic) bond motifs is 7. The summed E-state index contributed by atoms with van der Waals surface area (Å²) in [5, 5.41) is 10.0. The van der Waals surface area contributed by atoms with Crippen molar-refractivity contribution >= 4 is 88.5 Å². The Morgan fingerprint density at radius 1 is 0.457 bits per heavy atom. The van der Waals surface area contributed by atoms with E-state index in [9.17, 15) is 0 Å². The summed E-state index contributed by atoms with van der Waals surface area (Å²) >= 11 is 3.80. The van der Waals surface area contributed by atoms with E-state index in [1.165, 1.54) is 31.6 Å². The molecule has 0 fully saturated rings. The molecule has 0 radical (unpaired) electrons. The second-order valence-electron chi connectivity index (χ2n) is 11.8. The molecule has 7 aromatic carbocycles. The molecule has 2 heterocycles. The third-order valence-electron chi connectivity index (χ3n) is 9.41. The van der Waals surface area contributed by atoms with Crippen LogP contribution in [0, 0.1) is 0 Å². The third kappa shape index (κ3) is 4.00. The fraction of sp³-hybridized carbons (Fsp3) is 0. The van der Waals surface area contributed by atoms with Gasteiger partial charge in [0.25, 0.3) is 0 Å². The van der Waals surface area contributed by atoms with E-state index < -0.39 is 8.07 Å². The van der Waals surface area contributed by atoms with Gasteiger partial charge < -0.3 is 8.98 Å². The van der Waals surface area contributed by atoms with E-state index in [1.54, 1.807) is 0 Å². The maximum absolute atomic E-state index is 6.53. The highest BCUT2D eigenvalue weighted by molar-refractivity contribution is 9.10. The van der Waals surface area contributed by atoms with Gasteiger partial charge in [-0.2, -0.15) is 0 Å². The zero-order valence-corrected chi connectivity index (χ0v) is 27.5. The lowest BCUT2D eigenvalue weighted by atomic mass is 10.1. The minimum Gasteiger partial charge on any atom is -0.455 e. The molecule has 0 aliphatic carbocycles. The Morgan fingerprint density at radius 3 is 1.78 bits per heavy atom. The monoisotopic (exact) mass is 669 g/mol. The molecule has 0 unspecified atom stereocenters. The predicted octanol–water partition coefficient (Wildman–Crippen LogP) is 8.82. The van der Waals surface area contributed by atoms with E-state index in [2.05, 4.69) is 184 Å². The van der Waals surface area contributed by atoms with Crippen LogP contribution < -0.4 is 20.7 Å². The van der Waals surface area contributed by atoms with Gasteiger partial charge in [0.1, 0.15) is 11.2 Å². The summed E-state index contributed by atoms with van der Waals surface area (Å²) in [7, 11) is -2.66. The van der Waals surface area contributed by atoms with Gasteiger partial charge in [0.2, 0.25) is 0 Å². The summed E-state index contributed by atoms with van der Waals surface area (Å²) in [6, 6.07) is 61.8. The summed E-state index contributed by atoms with van der Waals surface area (Å²) < 4.78 is 10.0. The molecule has 0 atom stereocenters. The quantitative estimate of drug-likeness (QED) is 0.132. The summed E-state index contributed by atoms with van der Waals surface area (Å²) in [5.74, 6) is 0. The summed E-state index contributed by atoms with van der Waals surface area (Å²) in [6.07, 6.45) is 0. The molecule has 9 rings (SSSR count). The molecular formula is C42H28BrNOSi. The Morgan fingerprint density at radius 2 is 1.07 bits per heavy atom. The maximum Gasteiger partial charge on any atom is 0.179 e. The van der Waals surface area contributed by atoms with Gasteiger partial charge in [0, 0.05) is 26.3 Å². The van der Waals surface area contributed by atoms with Crippen LogP contribution in [0.1, 0.15) is 0 Å². The molecule has 0 saturated carbocycles. The average molecular weight is 671 g/mol. The topological polar surface area (TPSA) is 18.1 Å². The highest BCUT2D eigenvalue weighted by atomic mass is 79.9. The van der Waals surface area contributed by atoms with E-state index >= 15 is 0 Å². The number of aromatic nitrogens is 1. The van der Waals surface area contributed by atoms with Gasteiger partial charge in [-0.3, -0.25) is 0 Å². The Labute approximate surface area is 276 Å². The number of benzene rings is 7. The molecule has 0 bridgehead atoms. The second-order valence-corrected chi connectivity index (χ2v) is 16.6. The lowest BCUT2D eigenvalue weighted by Gasteiger charge is -2.34. The first-order valence-corrected chi connectivity index (χ1v) is 18.3. The van der Waals surface area contributed by atoms with Crippen LogP contribution in [0.3, 0.4) is 0 Å². The minimum atomic E-state index is -2.66. The van der Waals surface area contributed by atoms with E-state index in [-0.39, 0.29) is 0 Å². The molecular weight excluding hydrogens is 642 g/mol. The van der Waals surface area contributed by atoms with Crippen LogP contribution in [0.4, 0.5) is 0 Å². The van der Waals surface area contributed by atoms with Gasteiger partial charge in [-0.25, -0.2) is 0 Å². The standard InChI is InChI=1S/C42H28BrNOSi/c43-29-12-11-17-34(28-29)46(31-13-3-1-4-14-31,32-15-5-2-6-16-32)33-24-22-30(23-25-33)44-38-20-9-7-19-37(38)41-39(44)27-26-36-35-18-8-10-21-40(35)45-42(36)41/h1-28H. The van der Waals surface area contributed by atoms with Crippen molar-refractivity contribution < 1.29 is 4.42 Å². The normalized spacial score (nSPS) is 12.0. The maximum atomic E-state index is 6.53. The minimum absolute atomic E-state index is 0.918. The Bertz CT molecular complexity index is 2490. The molecule has 0 aliphatic heterocycles. The van der Waals surface area contributed by atoms with Crippen LogP contribution in [0.2, 0.25) is 0 Å². The summed E-state index contributed by atoms with van der Waals surface area (Å²) in [4.78, 5) is 0. The highest BCUT2D eigenvalue weighted by Crippen LogP contribution is 2.40. The first-order valence-electron chi connectivity index (χ1n) is 15.5. The zero-order chi connectivity index (χ0) is 30.7. The van der Waals surface area contributed by atoms with Crippen molar-refractivity contribution in [3.63, 3.8) is 0 Å². The number of hydrogen-bond acceptors (Lipinski definition) is 1. The van der Waals surface area contributed by atoms with Crippen LogP contribution in [0.15, 0.2) is 179 Å². The van der Waals surface area contributed by atoms with Gasteiger partial charge >= 0.3 is 0 Å². The van der Waals surface area contributed by atoms with Gasteiger partial charge in [-0.1, -0.05) is 137 Å². The van der Waals surface area contributed by atoms with Crippen LogP contribution in [-0.4, -0.2) is 12.6 Å². The van der Waals surface area contributed by atoms with Gasteiger partial charge in [-0.05, 0) is 69.3 Å². The Kier molecular flexibility index (Phi) is 6.34. The molecule has 0 amide bonds. The van der Waals surface area contributed by atoms with E-state index in [4.69, 9.17) is 4.42 Å². The van der Waals surface area contributed by atoms with Crippen LogP contribution >= 0.6 is 15.9 Å². The number of furan rings is 1. The molecule has 0 aliphatic rings. The van der Waals surface area contributed by atoms with Crippen molar-refractivity contribution in [1.29, 1.82) is 0 Å². The van der Waals surface area contributed by atoms with Crippen molar-refractivity contribution in [3.8, 4) is 5.69 Å².